The summed E-state index contributed by atoms with van der Waals surface area (Å²) >= 11 is 0. The monoisotopic (exact) mass is 393 g/mol. The predicted molar refractivity (Wildman–Crippen MR) is 122 cm³/mol. The lowest BCUT2D eigenvalue weighted by molar-refractivity contribution is 0.256. The minimum atomic E-state index is 0.205. The van der Waals surface area contributed by atoms with Crippen LogP contribution in [0.25, 0.3) is 22.3 Å². The van der Waals surface area contributed by atoms with Crippen molar-refractivity contribution in [2.24, 2.45) is 0 Å². The van der Waals surface area contributed by atoms with Crippen molar-refractivity contribution in [3.05, 3.63) is 46.9 Å². The van der Waals surface area contributed by atoms with Crippen molar-refractivity contribution >= 4 is 11.0 Å². The van der Waals surface area contributed by atoms with E-state index in [0.717, 1.165) is 53.8 Å². The zero-order chi connectivity index (χ0) is 21.1. The van der Waals surface area contributed by atoms with Crippen LogP contribution in [0.2, 0.25) is 0 Å². The van der Waals surface area contributed by atoms with E-state index in [1.807, 2.05) is 0 Å². The van der Waals surface area contributed by atoms with Crippen LogP contribution in [0.4, 0.5) is 0 Å². The Hall–Kier alpha value is -2.20. The Labute approximate surface area is 175 Å². The second-order valence-corrected chi connectivity index (χ2v) is 8.25. The summed E-state index contributed by atoms with van der Waals surface area (Å²) in [5.74, 6) is 0.421. The molecule has 0 fully saturated rings. The van der Waals surface area contributed by atoms with Gasteiger partial charge in [-0.2, -0.15) is 0 Å². The van der Waals surface area contributed by atoms with E-state index in [9.17, 15) is 5.11 Å². The zero-order valence-corrected chi connectivity index (χ0v) is 18.8. The molecule has 0 aliphatic carbocycles. The van der Waals surface area contributed by atoms with Gasteiger partial charge in [0.25, 0.3) is 0 Å². The van der Waals surface area contributed by atoms with Crippen molar-refractivity contribution in [1.29, 1.82) is 0 Å². The Kier molecular flexibility index (Phi) is 6.74. The van der Waals surface area contributed by atoms with Crippen LogP contribution in [-0.2, 0) is 12.8 Å². The average Bonchev–Trinajstić information content (AvgIpc) is 3.05. The molecule has 3 aromatic rings. The Bertz CT molecular complexity index is 987. The second-order valence-electron chi connectivity index (χ2n) is 8.25. The molecule has 0 amide bonds. The number of fused-ring (bicyclic) bond motifs is 1. The van der Waals surface area contributed by atoms with E-state index in [-0.39, 0.29) is 6.61 Å². The minimum absolute atomic E-state index is 0.205. The molecule has 156 valence electrons. The molecule has 4 nitrogen and oxygen atoms in total. The number of hydrogen-bond donors (Lipinski definition) is 1. The topological polar surface area (TPSA) is 50.9 Å². The number of hydrogen-bond acceptors (Lipinski definition) is 3. The van der Waals surface area contributed by atoms with Crippen molar-refractivity contribution in [2.45, 2.75) is 79.2 Å². The Balaban J connectivity index is 2.21. The van der Waals surface area contributed by atoms with Crippen LogP contribution in [0.1, 0.15) is 81.9 Å². The summed E-state index contributed by atoms with van der Waals surface area (Å²) in [7, 11) is 0. The zero-order valence-electron chi connectivity index (χ0n) is 18.8. The molecule has 1 N–H and O–H groups in total. The summed E-state index contributed by atoms with van der Waals surface area (Å²) in [5, 5.41) is 9.48. The molecule has 0 saturated heterocycles. The van der Waals surface area contributed by atoms with E-state index in [4.69, 9.17) is 9.97 Å². The Morgan fingerprint density at radius 1 is 1.07 bits per heavy atom. The standard InChI is InChI=1S/C25H35N3O/c1-7-18-14-23-24(17(6)15-28(23)19(8-2)12-13-29)27-25(18)20-10-11-22(16(4)5)26-21(20)9-3/h10-11,14-16,19,29H,7-9,12-13H2,1-6H3/t19-/m1/s1. The second kappa shape index (κ2) is 9.08. The van der Waals surface area contributed by atoms with Gasteiger partial charge in [0.2, 0.25) is 0 Å². The molecule has 0 bridgehead atoms. The van der Waals surface area contributed by atoms with Gasteiger partial charge in [-0.25, -0.2) is 4.98 Å². The van der Waals surface area contributed by atoms with Gasteiger partial charge in [-0.1, -0.05) is 34.6 Å². The summed E-state index contributed by atoms with van der Waals surface area (Å²) in [5.41, 5.74) is 9.16. The third-order valence-corrected chi connectivity index (χ3v) is 5.95. The lowest BCUT2D eigenvalue weighted by Crippen LogP contribution is -2.09. The smallest absolute Gasteiger partial charge is 0.0917 e. The largest absolute Gasteiger partial charge is 0.396 e. The van der Waals surface area contributed by atoms with Crippen LogP contribution in [0.3, 0.4) is 0 Å². The first-order chi connectivity index (χ1) is 13.9. The van der Waals surface area contributed by atoms with Crippen molar-refractivity contribution in [2.75, 3.05) is 6.61 Å². The molecule has 3 aromatic heterocycles. The molecule has 4 heteroatoms. The summed E-state index contributed by atoms with van der Waals surface area (Å²) in [6.07, 6.45) is 5.78. The van der Waals surface area contributed by atoms with Gasteiger partial charge in [-0.05, 0) is 67.9 Å². The van der Waals surface area contributed by atoms with Crippen molar-refractivity contribution in [3.8, 4) is 11.3 Å². The third-order valence-electron chi connectivity index (χ3n) is 5.95. The van der Waals surface area contributed by atoms with Crippen molar-refractivity contribution < 1.29 is 5.11 Å². The molecule has 1 atom stereocenters. The van der Waals surface area contributed by atoms with Gasteiger partial charge in [0.05, 0.1) is 16.7 Å². The SMILES string of the molecule is CCc1cc2c(nc1-c1ccc(C(C)C)nc1CC)c(C)cn2[C@H](CC)CCO. The maximum atomic E-state index is 9.48. The summed E-state index contributed by atoms with van der Waals surface area (Å²) in [6, 6.07) is 6.96. The fourth-order valence-electron chi connectivity index (χ4n) is 4.19. The van der Waals surface area contributed by atoms with Gasteiger partial charge in [0, 0.05) is 35.8 Å². The lowest BCUT2D eigenvalue weighted by Gasteiger charge is -2.18. The number of rotatable bonds is 8. The van der Waals surface area contributed by atoms with Crippen LogP contribution in [0.5, 0.6) is 0 Å². The highest BCUT2D eigenvalue weighted by atomic mass is 16.3. The van der Waals surface area contributed by atoms with Crippen LogP contribution in [0.15, 0.2) is 24.4 Å². The van der Waals surface area contributed by atoms with E-state index in [0.29, 0.717) is 12.0 Å². The summed E-state index contributed by atoms with van der Waals surface area (Å²) in [6.45, 7) is 13.3. The maximum absolute atomic E-state index is 9.48. The first-order valence-electron chi connectivity index (χ1n) is 11.1. The molecule has 3 heterocycles. The van der Waals surface area contributed by atoms with Gasteiger partial charge >= 0.3 is 0 Å². The number of aromatic nitrogens is 3. The number of aliphatic hydroxyl groups is 1. The number of aliphatic hydroxyl groups excluding tert-OH is 1. The molecule has 0 radical (unpaired) electrons. The molecular formula is C25H35N3O. The van der Waals surface area contributed by atoms with Gasteiger partial charge in [-0.15, -0.1) is 0 Å². The highest BCUT2D eigenvalue weighted by Crippen LogP contribution is 2.33. The van der Waals surface area contributed by atoms with Gasteiger partial charge in [0.15, 0.2) is 0 Å². The summed E-state index contributed by atoms with van der Waals surface area (Å²) < 4.78 is 2.32. The molecule has 29 heavy (non-hydrogen) atoms. The normalized spacial score (nSPS) is 12.8. The highest BCUT2D eigenvalue weighted by Gasteiger charge is 2.19. The van der Waals surface area contributed by atoms with Crippen molar-refractivity contribution in [3.63, 3.8) is 0 Å². The number of aryl methyl sites for hydroxylation is 3. The minimum Gasteiger partial charge on any atom is -0.396 e. The van der Waals surface area contributed by atoms with E-state index >= 15 is 0 Å². The predicted octanol–water partition coefficient (Wildman–Crippen LogP) is 5.99. The van der Waals surface area contributed by atoms with E-state index in [1.165, 1.54) is 16.6 Å². The Morgan fingerprint density at radius 3 is 2.41 bits per heavy atom. The molecule has 0 aliphatic rings. The lowest BCUT2D eigenvalue weighted by atomic mass is 9.98. The molecule has 0 spiro atoms. The van der Waals surface area contributed by atoms with Gasteiger partial charge in [-0.3, -0.25) is 4.98 Å². The summed E-state index contributed by atoms with van der Waals surface area (Å²) in [4.78, 5) is 10.1. The molecule has 0 aliphatic heterocycles. The first kappa shape index (κ1) is 21.5. The van der Waals surface area contributed by atoms with Crippen LogP contribution in [-0.4, -0.2) is 26.2 Å². The number of pyridine rings is 2. The molecule has 0 saturated carbocycles. The van der Waals surface area contributed by atoms with Gasteiger partial charge in [0.1, 0.15) is 0 Å². The van der Waals surface area contributed by atoms with Crippen LogP contribution in [0, 0.1) is 6.92 Å². The molecule has 0 unspecified atom stereocenters. The number of nitrogens with zero attached hydrogens (tertiary/aromatic N) is 3. The molecule has 0 aromatic carbocycles. The molecular weight excluding hydrogens is 358 g/mol. The fraction of sp³-hybridized carbons (Fsp3) is 0.520. The van der Waals surface area contributed by atoms with Crippen LogP contribution >= 0.6 is 0 Å². The Morgan fingerprint density at radius 2 is 1.83 bits per heavy atom. The van der Waals surface area contributed by atoms with Crippen LogP contribution < -0.4 is 0 Å². The van der Waals surface area contributed by atoms with E-state index in [1.54, 1.807) is 0 Å². The van der Waals surface area contributed by atoms with E-state index in [2.05, 4.69) is 70.5 Å². The highest BCUT2D eigenvalue weighted by molar-refractivity contribution is 5.84. The third kappa shape index (κ3) is 4.09. The average molecular weight is 394 g/mol. The molecule has 3 rings (SSSR count). The van der Waals surface area contributed by atoms with E-state index < -0.39 is 0 Å². The van der Waals surface area contributed by atoms with Gasteiger partial charge < -0.3 is 9.67 Å². The quantitative estimate of drug-likeness (QED) is 0.511. The fourth-order valence-corrected chi connectivity index (χ4v) is 4.19. The first-order valence-corrected chi connectivity index (χ1v) is 11.1. The maximum Gasteiger partial charge on any atom is 0.0917 e. The van der Waals surface area contributed by atoms with Crippen molar-refractivity contribution in [1.82, 2.24) is 14.5 Å².